The van der Waals surface area contributed by atoms with Crippen LogP contribution in [-0.2, 0) is 0 Å². The van der Waals surface area contributed by atoms with Crippen LogP contribution < -0.4 is 0 Å². The normalized spacial score (nSPS) is 12.1. The Morgan fingerprint density at radius 1 is 0.308 bits per heavy atom. The summed E-state index contributed by atoms with van der Waals surface area (Å²) in [4.78, 5) is 13.7. The number of aromatic hydroxyl groups is 4. The molecule has 0 atom stereocenters. The fraction of sp³-hybridized carbons (Fsp3) is 0.0455. The van der Waals surface area contributed by atoms with Crippen molar-refractivity contribution in [2.75, 3.05) is 0 Å². The Kier molecular flexibility index (Phi) is 6.44. The first kappa shape index (κ1) is 29.8. The van der Waals surface area contributed by atoms with Crippen molar-refractivity contribution in [2.24, 2.45) is 0 Å². The molecule has 0 unspecified atom stereocenters. The minimum atomic E-state index is -0.293. The second-order valence-corrected chi connectivity index (χ2v) is 13.6. The van der Waals surface area contributed by atoms with Crippen molar-refractivity contribution >= 4 is 54.4 Å². The largest absolute Gasteiger partial charge is 0.508 e. The second kappa shape index (κ2) is 11.2. The zero-order chi connectivity index (χ0) is 35.1. The first-order valence-corrected chi connectivity index (χ1v) is 17.1. The van der Waals surface area contributed by atoms with Gasteiger partial charge >= 0.3 is 0 Å². The van der Waals surface area contributed by atoms with E-state index < -0.39 is 0 Å². The third-order valence-electron chi connectivity index (χ3n) is 10.6. The first-order chi connectivity index (χ1) is 25.4. The lowest BCUT2D eigenvalue weighted by Gasteiger charge is -2.24. The molecule has 8 N–H and O–H groups in total. The highest BCUT2D eigenvalue weighted by atomic mass is 16.3. The maximum Gasteiger partial charge on any atom is 0.116 e. The number of hydrogen-bond acceptors (Lipinski definition) is 4. The summed E-state index contributed by atoms with van der Waals surface area (Å²) in [7, 11) is 0. The molecule has 0 spiro atoms. The predicted molar refractivity (Wildman–Crippen MR) is 206 cm³/mol. The quantitative estimate of drug-likeness (QED) is 0.0884. The van der Waals surface area contributed by atoms with Crippen LogP contribution in [0.25, 0.3) is 54.4 Å². The lowest BCUT2D eigenvalue weighted by Crippen LogP contribution is -2.07. The summed E-state index contributed by atoms with van der Waals surface area (Å²) < 4.78 is 0. The zero-order valence-corrected chi connectivity index (χ0v) is 27.6. The number of aromatic nitrogens is 4. The Morgan fingerprint density at radius 3 is 0.885 bits per heavy atom. The van der Waals surface area contributed by atoms with E-state index in [-0.39, 0.29) is 34.8 Å². The van der Waals surface area contributed by atoms with Crippen LogP contribution in [-0.4, -0.2) is 40.4 Å². The maximum absolute atomic E-state index is 10.6. The molecule has 52 heavy (non-hydrogen) atoms. The molecular weight excluding hydrogens is 649 g/mol. The standard InChI is InChI=1S/C44H32N4O4/c49-23-5-11-39-31(15-23)35(19-45-39)43(36-20-46-40-12-6-24(50)16-32(36)40)29-9-10-30(28-4-2-1-3-27(28)29)44(37-21-47-41-13-7-25(51)17-33(37)41)38-22-48-42-14-8-26(52)18-34(38)42/h1-22,43-52H. The fourth-order valence-electron chi connectivity index (χ4n) is 8.33. The number of phenolic OH excluding ortho intramolecular Hbond substituents is 4. The molecule has 4 aromatic heterocycles. The summed E-state index contributed by atoms with van der Waals surface area (Å²) in [6.07, 6.45) is 8.05. The molecule has 0 fully saturated rings. The van der Waals surface area contributed by atoms with Gasteiger partial charge in [0, 0.05) is 80.2 Å². The summed E-state index contributed by atoms with van der Waals surface area (Å²) in [5.41, 5.74) is 9.70. The molecule has 0 saturated heterocycles. The number of rotatable bonds is 6. The summed E-state index contributed by atoms with van der Waals surface area (Å²) in [5.74, 6) is 0.141. The lowest BCUT2D eigenvalue weighted by molar-refractivity contribution is 0.475. The number of aromatic amines is 4. The molecule has 4 heterocycles. The average Bonchev–Trinajstić information content (AvgIpc) is 3.95. The maximum atomic E-state index is 10.6. The molecule has 0 radical (unpaired) electrons. The van der Waals surface area contributed by atoms with Crippen LogP contribution in [0, 0.1) is 0 Å². The molecule has 10 rings (SSSR count). The zero-order valence-electron chi connectivity index (χ0n) is 27.6. The van der Waals surface area contributed by atoms with Gasteiger partial charge < -0.3 is 40.4 Å². The first-order valence-electron chi connectivity index (χ1n) is 17.1. The Balaban J connectivity index is 1.27. The van der Waals surface area contributed by atoms with Crippen LogP contribution in [0.3, 0.4) is 0 Å². The minimum absolute atomic E-state index is 0.182. The summed E-state index contributed by atoms with van der Waals surface area (Å²) in [6, 6.07) is 34.2. The highest BCUT2D eigenvalue weighted by molar-refractivity contribution is 5.98. The van der Waals surface area contributed by atoms with Gasteiger partial charge in [0.2, 0.25) is 0 Å². The molecule has 6 aromatic carbocycles. The lowest BCUT2D eigenvalue weighted by atomic mass is 9.78. The van der Waals surface area contributed by atoms with Crippen molar-refractivity contribution in [1.29, 1.82) is 0 Å². The molecule has 8 heteroatoms. The Labute approximate surface area is 296 Å². The Hall–Kier alpha value is -7.06. The molecule has 0 aliphatic heterocycles. The minimum Gasteiger partial charge on any atom is -0.508 e. The van der Waals surface area contributed by atoms with E-state index in [9.17, 15) is 20.4 Å². The van der Waals surface area contributed by atoms with Gasteiger partial charge in [0.25, 0.3) is 0 Å². The molecule has 0 bridgehead atoms. The fourth-order valence-corrected chi connectivity index (χ4v) is 8.33. The van der Waals surface area contributed by atoms with Crippen molar-refractivity contribution in [3.63, 3.8) is 0 Å². The van der Waals surface area contributed by atoms with Crippen molar-refractivity contribution in [2.45, 2.75) is 11.8 Å². The predicted octanol–water partition coefficient (Wildman–Crippen LogP) is 9.95. The summed E-state index contributed by atoms with van der Waals surface area (Å²) >= 11 is 0. The van der Waals surface area contributed by atoms with Gasteiger partial charge in [0.15, 0.2) is 0 Å². The Morgan fingerprint density at radius 2 is 0.596 bits per heavy atom. The molecule has 0 aliphatic rings. The number of phenols is 4. The highest BCUT2D eigenvalue weighted by Gasteiger charge is 2.29. The smallest absolute Gasteiger partial charge is 0.116 e. The van der Waals surface area contributed by atoms with Crippen LogP contribution in [0.15, 0.2) is 134 Å². The van der Waals surface area contributed by atoms with E-state index >= 15 is 0 Å². The van der Waals surface area contributed by atoms with Crippen molar-refractivity contribution < 1.29 is 20.4 Å². The van der Waals surface area contributed by atoms with Crippen LogP contribution >= 0.6 is 0 Å². The van der Waals surface area contributed by atoms with E-state index in [4.69, 9.17) is 0 Å². The number of nitrogens with one attached hydrogen (secondary N) is 4. The van der Waals surface area contributed by atoms with Crippen LogP contribution in [0.5, 0.6) is 23.0 Å². The van der Waals surface area contributed by atoms with Gasteiger partial charge in [-0.1, -0.05) is 36.4 Å². The molecule has 10 aromatic rings. The molecule has 0 amide bonds. The van der Waals surface area contributed by atoms with Gasteiger partial charge in [-0.15, -0.1) is 0 Å². The average molecular weight is 681 g/mol. The Bertz CT molecular complexity index is 2640. The van der Waals surface area contributed by atoms with E-state index in [0.717, 1.165) is 87.8 Å². The van der Waals surface area contributed by atoms with Crippen LogP contribution in [0.1, 0.15) is 45.2 Å². The van der Waals surface area contributed by atoms with Crippen molar-refractivity contribution in [3.05, 3.63) is 167 Å². The van der Waals surface area contributed by atoms with E-state index in [1.54, 1.807) is 48.5 Å². The van der Waals surface area contributed by atoms with Crippen molar-refractivity contribution in [1.82, 2.24) is 19.9 Å². The number of fused-ring (bicyclic) bond motifs is 5. The van der Waals surface area contributed by atoms with E-state index in [1.807, 2.05) is 49.1 Å². The van der Waals surface area contributed by atoms with Crippen LogP contribution in [0.4, 0.5) is 0 Å². The molecular formula is C44H32N4O4. The van der Waals surface area contributed by atoms with Gasteiger partial charge in [0.05, 0.1) is 0 Å². The third-order valence-corrected chi connectivity index (χ3v) is 10.6. The summed E-state index contributed by atoms with van der Waals surface area (Å²) in [5, 5.41) is 48.2. The van der Waals surface area contributed by atoms with Gasteiger partial charge in [0.1, 0.15) is 23.0 Å². The molecule has 0 saturated carbocycles. The van der Waals surface area contributed by atoms with E-state index in [1.165, 1.54) is 0 Å². The number of H-pyrrole nitrogens is 4. The van der Waals surface area contributed by atoms with E-state index in [2.05, 4.69) is 56.3 Å². The van der Waals surface area contributed by atoms with E-state index in [0.29, 0.717) is 0 Å². The topological polar surface area (TPSA) is 144 Å². The van der Waals surface area contributed by atoms with Gasteiger partial charge in [-0.25, -0.2) is 0 Å². The van der Waals surface area contributed by atoms with Gasteiger partial charge in [-0.3, -0.25) is 0 Å². The molecule has 8 nitrogen and oxygen atoms in total. The molecule has 0 aliphatic carbocycles. The van der Waals surface area contributed by atoms with Crippen LogP contribution in [0.2, 0.25) is 0 Å². The third kappa shape index (κ3) is 4.54. The SMILES string of the molecule is Oc1ccc2[nH]cc(C(c3c[nH]c4ccc(O)cc34)c3ccc(C(c4c[nH]c5ccc(O)cc45)c4c[nH]c5ccc(O)cc45)c4ccccc34)c2c1. The van der Waals surface area contributed by atoms with Crippen molar-refractivity contribution in [3.8, 4) is 23.0 Å². The second-order valence-electron chi connectivity index (χ2n) is 13.6. The number of benzene rings is 6. The van der Waals surface area contributed by atoms with Gasteiger partial charge in [-0.2, -0.15) is 0 Å². The van der Waals surface area contributed by atoms with Gasteiger partial charge in [-0.05, 0) is 117 Å². The monoisotopic (exact) mass is 680 g/mol. The highest BCUT2D eigenvalue weighted by Crippen LogP contribution is 2.47. The summed E-state index contributed by atoms with van der Waals surface area (Å²) in [6.45, 7) is 0. The molecule has 252 valence electrons. The number of hydrogen-bond donors (Lipinski definition) is 8.